The van der Waals surface area contributed by atoms with Gasteiger partial charge in [-0.2, -0.15) is 0 Å². The summed E-state index contributed by atoms with van der Waals surface area (Å²) in [4.78, 5) is 12.2. The smallest absolute Gasteiger partial charge is 0.254 e. The molecule has 0 saturated heterocycles. The maximum absolute atomic E-state index is 12.2. The lowest BCUT2D eigenvalue weighted by Gasteiger charge is -2.15. The van der Waals surface area contributed by atoms with Crippen LogP contribution in [0, 0.1) is 0 Å². The van der Waals surface area contributed by atoms with Crippen molar-refractivity contribution < 1.29 is 23.4 Å². The molecule has 1 heterocycles. The molecule has 7 nitrogen and oxygen atoms in total. The molecular formula is C16H20N2O5. The van der Waals surface area contributed by atoms with Gasteiger partial charge >= 0.3 is 0 Å². The van der Waals surface area contributed by atoms with Crippen molar-refractivity contribution in [1.82, 2.24) is 5.32 Å². The van der Waals surface area contributed by atoms with Gasteiger partial charge in [-0.05, 0) is 6.07 Å². The highest BCUT2D eigenvalue weighted by Gasteiger charge is 2.15. The summed E-state index contributed by atoms with van der Waals surface area (Å²) >= 11 is 0. The van der Waals surface area contributed by atoms with Crippen molar-refractivity contribution in [1.29, 1.82) is 0 Å². The van der Waals surface area contributed by atoms with Gasteiger partial charge in [-0.3, -0.25) is 4.79 Å². The van der Waals surface area contributed by atoms with E-state index in [-0.39, 0.29) is 19.0 Å². The van der Waals surface area contributed by atoms with Gasteiger partial charge in [0.05, 0.1) is 45.5 Å². The average Bonchev–Trinajstić information content (AvgIpc) is 3.08. The van der Waals surface area contributed by atoms with Crippen LogP contribution in [0.1, 0.15) is 21.7 Å². The summed E-state index contributed by atoms with van der Waals surface area (Å²) in [6.07, 6.45) is 1.38. The van der Waals surface area contributed by atoms with Gasteiger partial charge in [-0.15, -0.1) is 0 Å². The number of carbonyl (C=O) groups excluding carboxylic acids is 1. The third kappa shape index (κ3) is 3.75. The Morgan fingerprint density at radius 3 is 2.26 bits per heavy atom. The molecule has 7 heteroatoms. The molecule has 0 aliphatic carbocycles. The Morgan fingerprint density at radius 2 is 1.78 bits per heavy atom. The first-order chi connectivity index (χ1) is 11.1. The minimum absolute atomic E-state index is 0.234. The molecule has 1 amide bonds. The van der Waals surface area contributed by atoms with E-state index in [9.17, 15) is 4.79 Å². The lowest BCUT2D eigenvalue weighted by Crippen LogP contribution is -2.23. The average molecular weight is 320 g/mol. The maximum atomic E-state index is 12.2. The Bertz CT molecular complexity index is 656. The molecule has 2 rings (SSSR count). The number of methoxy groups -OCH3 is 3. The third-order valence-electron chi connectivity index (χ3n) is 3.36. The molecule has 2 aromatic rings. The van der Waals surface area contributed by atoms with Crippen molar-refractivity contribution in [3.05, 3.63) is 41.3 Å². The molecule has 0 aliphatic rings. The van der Waals surface area contributed by atoms with Crippen LogP contribution in [-0.2, 0) is 13.1 Å². The lowest BCUT2D eigenvalue weighted by atomic mass is 10.1. The van der Waals surface area contributed by atoms with Crippen molar-refractivity contribution in [2.45, 2.75) is 13.1 Å². The van der Waals surface area contributed by atoms with E-state index in [1.54, 1.807) is 39.5 Å². The molecule has 0 radical (unpaired) electrons. The maximum Gasteiger partial charge on any atom is 0.254 e. The van der Waals surface area contributed by atoms with E-state index in [0.717, 1.165) is 0 Å². The van der Waals surface area contributed by atoms with Gasteiger partial charge in [0.1, 0.15) is 29.3 Å². The molecule has 1 aromatic carbocycles. The summed E-state index contributed by atoms with van der Waals surface area (Å²) in [5.41, 5.74) is 6.59. The molecule has 23 heavy (non-hydrogen) atoms. The number of hydrogen-bond donors (Lipinski definition) is 2. The van der Waals surface area contributed by atoms with Gasteiger partial charge in [0.25, 0.3) is 5.91 Å². The van der Waals surface area contributed by atoms with E-state index in [0.29, 0.717) is 34.1 Å². The number of carbonyl (C=O) groups is 1. The molecule has 124 valence electrons. The normalized spacial score (nSPS) is 10.3. The number of ether oxygens (including phenoxy) is 3. The van der Waals surface area contributed by atoms with Gasteiger partial charge in [0.2, 0.25) is 0 Å². The van der Waals surface area contributed by atoms with Crippen LogP contribution >= 0.6 is 0 Å². The topological polar surface area (TPSA) is 96.0 Å². The Labute approximate surface area is 134 Å². The minimum Gasteiger partial charge on any atom is -0.496 e. The molecule has 0 bridgehead atoms. The highest BCUT2D eigenvalue weighted by Crippen LogP contribution is 2.33. The molecule has 3 N–H and O–H groups in total. The number of benzene rings is 1. The predicted molar refractivity (Wildman–Crippen MR) is 83.9 cm³/mol. The number of nitrogens with one attached hydrogen (secondary N) is 1. The van der Waals surface area contributed by atoms with E-state index in [2.05, 4.69) is 5.32 Å². The summed E-state index contributed by atoms with van der Waals surface area (Å²) < 4.78 is 21.0. The number of nitrogens with two attached hydrogens (primary N) is 1. The van der Waals surface area contributed by atoms with Crippen LogP contribution in [0.25, 0.3) is 0 Å². The SMILES string of the molecule is COc1cc(OC)c(CNC(=O)c2coc(CN)c2)c(OC)c1. The Morgan fingerprint density at radius 1 is 1.13 bits per heavy atom. The van der Waals surface area contributed by atoms with Crippen molar-refractivity contribution in [2.24, 2.45) is 5.73 Å². The van der Waals surface area contributed by atoms with Crippen LogP contribution in [0.3, 0.4) is 0 Å². The second kappa shape index (κ2) is 7.55. The number of hydrogen-bond acceptors (Lipinski definition) is 6. The summed E-state index contributed by atoms with van der Waals surface area (Å²) in [5, 5.41) is 2.80. The first-order valence-corrected chi connectivity index (χ1v) is 6.97. The zero-order valence-corrected chi connectivity index (χ0v) is 13.3. The van der Waals surface area contributed by atoms with Crippen LogP contribution in [0.15, 0.2) is 28.9 Å². The van der Waals surface area contributed by atoms with Gasteiger partial charge in [-0.25, -0.2) is 0 Å². The fraction of sp³-hybridized carbons (Fsp3) is 0.312. The number of amides is 1. The first-order valence-electron chi connectivity index (χ1n) is 6.97. The second-order valence-electron chi connectivity index (χ2n) is 4.70. The summed E-state index contributed by atoms with van der Waals surface area (Å²) in [6.45, 7) is 0.478. The zero-order valence-electron chi connectivity index (χ0n) is 13.3. The van der Waals surface area contributed by atoms with E-state index < -0.39 is 0 Å². The van der Waals surface area contributed by atoms with Crippen molar-refractivity contribution in [3.8, 4) is 17.2 Å². The van der Waals surface area contributed by atoms with E-state index in [1.807, 2.05) is 0 Å². The number of rotatable bonds is 7. The largest absolute Gasteiger partial charge is 0.496 e. The van der Waals surface area contributed by atoms with E-state index in [1.165, 1.54) is 6.26 Å². The van der Waals surface area contributed by atoms with Crippen LogP contribution in [0.2, 0.25) is 0 Å². The lowest BCUT2D eigenvalue weighted by molar-refractivity contribution is 0.0950. The Kier molecular flexibility index (Phi) is 5.48. The van der Waals surface area contributed by atoms with Gasteiger partial charge in [0.15, 0.2) is 0 Å². The number of furan rings is 1. The monoisotopic (exact) mass is 320 g/mol. The molecule has 0 aliphatic heterocycles. The quantitative estimate of drug-likeness (QED) is 0.806. The highest BCUT2D eigenvalue weighted by molar-refractivity contribution is 5.94. The summed E-state index contributed by atoms with van der Waals surface area (Å²) in [7, 11) is 4.65. The Hall–Kier alpha value is -2.67. The van der Waals surface area contributed by atoms with Crippen LogP contribution in [0.4, 0.5) is 0 Å². The molecule has 0 spiro atoms. The highest BCUT2D eigenvalue weighted by atomic mass is 16.5. The molecule has 0 fully saturated rings. The van der Waals surface area contributed by atoms with Crippen molar-refractivity contribution in [2.75, 3.05) is 21.3 Å². The molecular weight excluding hydrogens is 300 g/mol. The third-order valence-corrected chi connectivity index (χ3v) is 3.36. The van der Waals surface area contributed by atoms with Crippen LogP contribution in [0.5, 0.6) is 17.2 Å². The fourth-order valence-corrected chi connectivity index (χ4v) is 2.13. The van der Waals surface area contributed by atoms with Crippen LogP contribution < -0.4 is 25.3 Å². The van der Waals surface area contributed by atoms with Gasteiger partial charge in [-0.1, -0.05) is 0 Å². The zero-order chi connectivity index (χ0) is 16.8. The van der Waals surface area contributed by atoms with Gasteiger partial charge in [0, 0.05) is 12.1 Å². The summed E-state index contributed by atoms with van der Waals surface area (Å²) in [6, 6.07) is 5.07. The van der Waals surface area contributed by atoms with Crippen LogP contribution in [-0.4, -0.2) is 27.2 Å². The van der Waals surface area contributed by atoms with E-state index >= 15 is 0 Å². The van der Waals surface area contributed by atoms with Gasteiger partial charge < -0.3 is 29.7 Å². The molecule has 0 saturated carbocycles. The molecule has 0 unspecified atom stereocenters. The molecule has 0 atom stereocenters. The second-order valence-corrected chi connectivity index (χ2v) is 4.70. The standard InChI is InChI=1S/C16H20N2O5/c1-20-11-5-14(21-2)13(15(6-11)22-3)8-18-16(19)10-4-12(7-17)23-9-10/h4-6,9H,7-8,17H2,1-3H3,(H,18,19). The van der Waals surface area contributed by atoms with E-state index in [4.69, 9.17) is 24.4 Å². The molecule has 1 aromatic heterocycles. The van der Waals surface area contributed by atoms with Crippen molar-refractivity contribution in [3.63, 3.8) is 0 Å². The minimum atomic E-state index is -0.270. The van der Waals surface area contributed by atoms with Crippen molar-refractivity contribution >= 4 is 5.91 Å². The Balaban J connectivity index is 2.17. The predicted octanol–water partition coefficient (Wildman–Crippen LogP) is 1.69. The fourth-order valence-electron chi connectivity index (χ4n) is 2.13. The summed E-state index contributed by atoms with van der Waals surface area (Å²) in [5.74, 6) is 2.02. The first kappa shape index (κ1) is 16.7.